The van der Waals surface area contributed by atoms with Crippen molar-refractivity contribution >= 4 is 0 Å². The van der Waals surface area contributed by atoms with E-state index in [4.69, 9.17) is 5.73 Å². The van der Waals surface area contributed by atoms with E-state index in [-0.39, 0.29) is 6.17 Å². The highest BCUT2D eigenvalue weighted by Gasteiger charge is 2.27. The molecule has 2 N–H and O–H groups in total. The lowest BCUT2D eigenvalue weighted by molar-refractivity contribution is 0.134. The fourth-order valence-corrected chi connectivity index (χ4v) is 2.63. The van der Waals surface area contributed by atoms with Gasteiger partial charge in [0.15, 0.2) is 0 Å². The zero-order valence-corrected chi connectivity index (χ0v) is 10.3. The average molecular weight is 218 g/mol. The van der Waals surface area contributed by atoms with Gasteiger partial charge in [0, 0.05) is 0 Å². The number of nitrogens with two attached hydrogens (primary N) is 1. The molecule has 1 aromatic rings. The first kappa shape index (κ1) is 11.6. The van der Waals surface area contributed by atoms with Gasteiger partial charge in [-0.2, -0.15) is 0 Å². The molecule has 0 spiro atoms. The van der Waals surface area contributed by atoms with Crippen LogP contribution >= 0.6 is 0 Å². The molecule has 0 aromatic heterocycles. The molecule has 1 aliphatic heterocycles. The van der Waals surface area contributed by atoms with Crippen molar-refractivity contribution in [2.24, 2.45) is 11.7 Å². The van der Waals surface area contributed by atoms with Crippen molar-refractivity contribution in [3.63, 3.8) is 0 Å². The molecule has 1 heterocycles. The summed E-state index contributed by atoms with van der Waals surface area (Å²) in [5.41, 5.74) is 7.56. The zero-order valence-electron chi connectivity index (χ0n) is 10.3. The maximum atomic E-state index is 6.11. The normalized spacial score (nSPS) is 28.9. The Morgan fingerprint density at radius 2 is 2.00 bits per heavy atom. The minimum atomic E-state index is 0.241. The zero-order chi connectivity index (χ0) is 11.5. The van der Waals surface area contributed by atoms with Crippen LogP contribution in [0.25, 0.3) is 0 Å². The second kappa shape index (κ2) is 4.98. The molecule has 3 unspecified atom stereocenters. The molecule has 0 amide bonds. The van der Waals surface area contributed by atoms with Crippen molar-refractivity contribution in [3.8, 4) is 0 Å². The van der Waals surface area contributed by atoms with Crippen LogP contribution in [0.15, 0.2) is 30.3 Å². The van der Waals surface area contributed by atoms with Gasteiger partial charge in [-0.25, -0.2) is 0 Å². The fourth-order valence-electron chi connectivity index (χ4n) is 2.63. The van der Waals surface area contributed by atoms with Gasteiger partial charge in [-0.15, -0.1) is 0 Å². The monoisotopic (exact) mass is 218 g/mol. The summed E-state index contributed by atoms with van der Waals surface area (Å²) in [6.07, 6.45) is 2.62. The van der Waals surface area contributed by atoms with Gasteiger partial charge in [-0.1, -0.05) is 37.3 Å². The van der Waals surface area contributed by atoms with Crippen LogP contribution in [-0.2, 0) is 0 Å². The number of hydrogen-bond donors (Lipinski definition) is 1. The van der Waals surface area contributed by atoms with Crippen LogP contribution in [0.3, 0.4) is 0 Å². The van der Waals surface area contributed by atoms with E-state index in [1.165, 1.54) is 12.0 Å². The van der Waals surface area contributed by atoms with Gasteiger partial charge in [-0.05, 0) is 43.8 Å². The van der Waals surface area contributed by atoms with Crippen LogP contribution in [0.5, 0.6) is 0 Å². The Morgan fingerprint density at radius 1 is 1.31 bits per heavy atom. The predicted molar refractivity (Wildman–Crippen MR) is 68.2 cm³/mol. The Balaban J connectivity index is 2.03. The van der Waals surface area contributed by atoms with Gasteiger partial charge < -0.3 is 5.73 Å². The molecule has 0 saturated carbocycles. The molecule has 0 bridgehead atoms. The summed E-state index contributed by atoms with van der Waals surface area (Å²) in [5.74, 6) is 1.36. The van der Waals surface area contributed by atoms with Crippen LogP contribution in [0.2, 0.25) is 0 Å². The predicted octanol–water partition coefficient (Wildman–Crippen LogP) is 2.42. The van der Waals surface area contributed by atoms with E-state index in [1.54, 1.807) is 0 Å². The van der Waals surface area contributed by atoms with E-state index >= 15 is 0 Å². The van der Waals surface area contributed by atoms with Crippen LogP contribution < -0.4 is 5.73 Å². The van der Waals surface area contributed by atoms with Crippen molar-refractivity contribution in [1.29, 1.82) is 0 Å². The van der Waals surface area contributed by atoms with Gasteiger partial charge >= 0.3 is 0 Å². The van der Waals surface area contributed by atoms with Crippen LogP contribution in [0, 0.1) is 5.92 Å². The van der Waals surface area contributed by atoms with E-state index in [9.17, 15) is 0 Å². The van der Waals surface area contributed by atoms with E-state index in [0.717, 1.165) is 18.9 Å². The molecule has 3 atom stereocenters. The summed E-state index contributed by atoms with van der Waals surface area (Å²) >= 11 is 0. The summed E-state index contributed by atoms with van der Waals surface area (Å²) in [7, 11) is 2.12. The van der Waals surface area contributed by atoms with Gasteiger partial charge in [-0.3, -0.25) is 4.90 Å². The van der Waals surface area contributed by atoms with Gasteiger partial charge in [0.05, 0.1) is 6.17 Å². The first-order valence-electron chi connectivity index (χ1n) is 6.19. The minimum Gasteiger partial charge on any atom is -0.316 e. The molecule has 1 aliphatic rings. The second-order valence-corrected chi connectivity index (χ2v) is 5.03. The first-order chi connectivity index (χ1) is 7.68. The van der Waals surface area contributed by atoms with Gasteiger partial charge in [0.25, 0.3) is 0 Å². The molecule has 2 nitrogen and oxygen atoms in total. The summed E-state index contributed by atoms with van der Waals surface area (Å²) in [6.45, 7) is 3.46. The van der Waals surface area contributed by atoms with E-state index in [2.05, 4.69) is 49.2 Å². The van der Waals surface area contributed by atoms with Crippen molar-refractivity contribution in [1.82, 2.24) is 4.90 Å². The van der Waals surface area contributed by atoms with Crippen molar-refractivity contribution in [2.45, 2.75) is 31.8 Å². The molecule has 1 fully saturated rings. The number of piperidine rings is 1. The fraction of sp³-hybridized carbons (Fsp3) is 0.571. The molecule has 2 rings (SSSR count). The third-order valence-electron chi connectivity index (χ3n) is 4.00. The maximum Gasteiger partial charge on any atom is 0.0572 e. The highest BCUT2D eigenvalue weighted by atomic mass is 15.2. The minimum absolute atomic E-state index is 0.241. The number of hydrogen-bond acceptors (Lipinski definition) is 2. The van der Waals surface area contributed by atoms with Gasteiger partial charge in [0.1, 0.15) is 0 Å². The Morgan fingerprint density at radius 3 is 2.62 bits per heavy atom. The molecule has 88 valence electrons. The SMILES string of the molecule is CC(c1ccccc1)C1CCN(C)C(N)C1. The molecule has 0 radical (unpaired) electrons. The lowest BCUT2D eigenvalue weighted by Crippen LogP contribution is -2.46. The highest BCUT2D eigenvalue weighted by Crippen LogP contribution is 2.32. The van der Waals surface area contributed by atoms with E-state index < -0.39 is 0 Å². The third kappa shape index (κ3) is 2.45. The van der Waals surface area contributed by atoms with Crippen molar-refractivity contribution in [3.05, 3.63) is 35.9 Å². The van der Waals surface area contributed by atoms with Crippen LogP contribution in [0.1, 0.15) is 31.2 Å². The molecular weight excluding hydrogens is 196 g/mol. The largest absolute Gasteiger partial charge is 0.316 e. The number of rotatable bonds is 2. The lowest BCUT2D eigenvalue weighted by Gasteiger charge is -2.37. The Bertz CT molecular complexity index is 323. The first-order valence-corrected chi connectivity index (χ1v) is 6.19. The Kier molecular flexibility index (Phi) is 3.62. The molecule has 2 heteroatoms. The summed E-state index contributed by atoms with van der Waals surface area (Å²) in [5, 5.41) is 0. The van der Waals surface area contributed by atoms with Crippen molar-refractivity contribution in [2.75, 3.05) is 13.6 Å². The average Bonchev–Trinajstić information content (AvgIpc) is 2.33. The topological polar surface area (TPSA) is 29.3 Å². The quantitative estimate of drug-likeness (QED) is 0.826. The summed E-state index contributed by atoms with van der Waals surface area (Å²) in [4.78, 5) is 2.26. The Labute approximate surface area is 98.4 Å². The summed E-state index contributed by atoms with van der Waals surface area (Å²) in [6, 6.07) is 10.8. The molecule has 16 heavy (non-hydrogen) atoms. The lowest BCUT2D eigenvalue weighted by atomic mass is 9.80. The van der Waals surface area contributed by atoms with Crippen LogP contribution in [0.4, 0.5) is 0 Å². The highest BCUT2D eigenvalue weighted by molar-refractivity contribution is 5.19. The molecule has 1 saturated heterocycles. The van der Waals surface area contributed by atoms with Crippen molar-refractivity contribution < 1.29 is 0 Å². The molecular formula is C14H22N2. The number of benzene rings is 1. The van der Waals surface area contributed by atoms with E-state index in [1.807, 2.05) is 0 Å². The number of nitrogens with zero attached hydrogens (tertiary/aromatic N) is 1. The van der Waals surface area contributed by atoms with Gasteiger partial charge in [0.2, 0.25) is 0 Å². The standard InChI is InChI=1S/C14H22N2/c1-11(12-6-4-3-5-7-12)13-8-9-16(2)14(15)10-13/h3-7,11,13-14H,8-10,15H2,1-2H3. The third-order valence-corrected chi connectivity index (χ3v) is 4.00. The van der Waals surface area contributed by atoms with E-state index in [0.29, 0.717) is 5.92 Å². The number of likely N-dealkylation sites (tertiary alicyclic amines) is 1. The Hall–Kier alpha value is -0.860. The molecule has 1 aromatic carbocycles. The van der Waals surface area contributed by atoms with Crippen LogP contribution in [-0.4, -0.2) is 24.7 Å². The molecule has 0 aliphatic carbocycles. The maximum absolute atomic E-state index is 6.11. The smallest absolute Gasteiger partial charge is 0.0572 e. The second-order valence-electron chi connectivity index (χ2n) is 5.03. The summed E-state index contributed by atoms with van der Waals surface area (Å²) < 4.78 is 0.